The number of rotatable bonds is 4. The van der Waals surface area contributed by atoms with Crippen LogP contribution in [0.5, 0.6) is 0 Å². The molecule has 1 amide bonds. The number of nitrogens with two attached hydrogens (primary N) is 1. The second kappa shape index (κ2) is 6.80. The highest BCUT2D eigenvalue weighted by Crippen LogP contribution is 2.20. The molecule has 0 unspecified atom stereocenters. The first kappa shape index (κ1) is 18.3. The van der Waals surface area contributed by atoms with Crippen molar-refractivity contribution in [3.8, 4) is 0 Å². The summed E-state index contributed by atoms with van der Waals surface area (Å²) in [5.41, 5.74) is 7.13. The topological polar surface area (TPSA) is 107 Å². The molecule has 0 spiro atoms. The van der Waals surface area contributed by atoms with Crippen molar-refractivity contribution >= 4 is 27.4 Å². The number of carbonyl (C=O) groups excluding carboxylic acids is 2. The number of ether oxygens (including phenoxy) is 1. The van der Waals surface area contributed by atoms with Gasteiger partial charge in [0, 0.05) is 18.8 Å². The van der Waals surface area contributed by atoms with E-state index < -0.39 is 27.8 Å². The maximum absolute atomic E-state index is 12.4. The Hall–Kier alpha value is -2.09. The van der Waals surface area contributed by atoms with Gasteiger partial charge in [-0.05, 0) is 31.9 Å². The van der Waals surface area contributed by atoms with E-state index in [0.29, 0.717) is 12.1 Å². The van der Waals surface area contributed by atoms with Crippen LogP contribution >= 0.6 is 0 Å². The largest absolute Gasteiger partial charge is 0.449 e. The highest BCUT2D eigenvalue weighted by molar-refractivity contribution is 7.91. The third-order valence-electron chi connectivity index (χ3n) is 4.28. The summed E-state index contributed by atoms with van der Waals surface area (Å²) >= 11 is 0. The molecular formula is C16H22N2O5S. The van der Waals surface area contributed by atoms with E-state index in [4.69, 9.17) is 10.5 Å². The SMILES string of the molecule is Cc1cccc(C(=O)O[C@H](C)C(=O)N(C)[C@@H]2CCS(=O)(=O)C2)c1N. The van der Waals surface area contributed by atoms with Crippen molar-refractivity contribution in [2.24, 2.45) is 0 Å². The molecule has 1 aromatic carbocycles. The molecule has 8 heteroatoms. The van der Waals surface area contributed by atoms with Gasteiger partial charge in [-0.15, -0.1) is 0 Å². The van der Waals surface area contributed by atoms with Crippen LogP contribution in [-0.4, -0.2) is 55.9 Å². The van der Waals surface area contributed by atoms with Crippen molar-refractivity contribution in [1.29, 1.82) is 0 Å². The fourth-order valence-electron chi connectivity index (χ4n) is 2.68. The van der Waals surface area contributed by atoms with Gasteiger partial charge in [-0.2, -0.15) is 0 Å². The summed E-state index contributed by atoms with van der Waals surface area (Å²) in [6.45, 7) is 3.24. The lowest BCUT2D eigenvalue weighted by molar-refractivity contribution is -0.140. The van der Waals surface area contributed by atoms with Gasteiger partial charge >= 0.3 is 5.97 Å². The number of aryl methyl sites for hydroxylation is 1. The van der Waals surface area contributed by atoms with E-state index in [-0.39, 0.29) is 23.1 Å². The lowest BCUT2D eigenvalue weighted by Crippen LogP contribution is -2.44. The maximum atomic E-state index is 12.4. The molecule has 1 aromatic rings. The number of benzene rings is 1. The molecule has 0 aliphatic carbocycles. The van der Waals surface area contributed by atoms with Crippen LogP contribution in [0.15, 0.2) is 18.2 Å². The van der Waals surface area contributed by atoms with Crippen LogP contribution in [0.3, 0.4) is 0 Å². The molecule has 0 bridgehead atoms. The number of anilines is 1. The average molecular weight is 354 g/mol. The minimum atomic E-state index is -3.09. The van der Waals surface area contributed by atoms with Crippen molar-refractivity contribution < 1.29 is 22.7 Å². The number of nitrogen functional groups attached to an aromatic ring is 1. The monoisotopic (exact) mass is 354 g/mol. The molecule has 0 radical (unpaired) electrons. The summed E-state index contributed by atoms with van der Waals surface area (Å²) in [6.07, 6.45) is -0.624. The molecule has 1 aliphatic heterocycles. The summed E-state index contributed by atoms with van der Waals surface area (Å²) in [5, 5.41) is 0. The average Bonchev–Trinajstić information content (AvgIpc) is 2.88. The molecule has 1 fully saturated rings. The van der Waals surface area contributed by atoms with Crippen molar-refractivity contribution in [3.63, 3.8) is 0 Å². The number of amides is 1. The third kappa shape index (κ3) is 3.87. The molecule has 24 heavy (non-hydrogen) atoms. The van der Waals surface area contributed by atoms with Gasteiger partial charge in [-0.1, -0.05) is 12.1 Å². The van der Waals surface area contributed by atoms with Crippen molar-refractivity contribution in [2.45, 2.75) is 32.4 Å². The third-order valence-corrected chi connectivity index (χ3v) is 6.03. The van der Waals surface area contributed by atoms with Gasteiger partial charge in [0.05, 0.1) is 17.1 Å². The van der Waals surface area contributed by atoms with E-state index >= 15 is 0 Å². The van der Waals surface area contributed by atoms with Crippen LogP contribution < -0.4 is 5.73 Å². The van der Waals surface area contributed by atoms with Crippen LogP contribution in [0.2, 0.25) is 0 Å². The lowest BCUT2D eigenvalue weighted by Gasteiger charge is -2.26. The van der Waals surface area contributed by atoms with Crippen LogP contribution in [0.4, 0.5) is 5.69 Å². The Bertz CT molecular complexity index is 760. The molecule has 1 heterocycles. The van der Waals surface area contributed by atoms with Crippen LogP contribution in [-0.2, 0) is 19.4 Å². The molecule has 132 valence electrons. The first-order valence-corrected chi connectivity index (χ1v) is 9.47. The molecule has 1 saturated heterocycles. The molecule has 0 aromatic heterocycles. The zero-order chi connectivity index (χ0) is 18.1. The van der Waals surface area contributed by atoms with Crippen LogP contribution in [0.25, 0.3) is 0 Å². The first-order valence-electron chi connectivity index (χ1n) is 7.65. The van der Waals surface area contributed by atoms with Gasteiger partial charge < -0.3 is 15.4 Å². The predicted octanol–water partition coefficient (Wildman–Crippen LogP) is 0.768. The maximum Gasteiger partial charge on any atom is 0.341 e. The summed E-state index contributed by atoms with van der Waals surface area (Å²) in [5.74, 6) is -1.09. The zero-order valence-electron chi connectivity index (χ0n) is 14.0. The van der Waals surface area contributed by atoms with E-state index in [1.54, 1.807) is 19.1 Å². The Morgan fingerprint density at radius 3 is 2.62 bits per heavy atom. The number of likely N-dealkylation sites (N-methyl/N-ethyl adjacent to an activating group) is 1. The fourth-order valence-corrected chi connectivity index (χ4v) is 4.46. The van der Waals surface area contributed by atoms with E-state index in [1.165, 1.54) is 24.9 Å². The Morgan fingerprint density at radius 2 is 2.04 bits per heavy atom. The number of carbonyl (C=O) groups is 2. The second-order valence-corrected chi connectivity index (χ2v) is 8.32. The number of esters is 1. The summed E-state index contributed by atoms with van der Waals surface area (Å²) in [6, 6.07) is 4.61. The normalized spacial score (nSPS) is 20.4. The minimum absolute atomic E-state index is 0.0548. The fraction of sp³-hybridized carbons (Fsp3) is 0.500. The molecule has 7 nitrogen and oxygen atoms in total. The highest BCUT2D eigenvalue weighted by atomic mass is 32.2. The van der Waals surface area contributed by atoms with Gasteiger partial charge in [0.2, 0.25) is 0 Å². The quantitative estimate of drug-likeness (QED) is 0.632. The smallest absolute Gasteiger partial charge is 0.341 e. The molecule has 2 N–H and O–H groups in total. The van der Waals surface area contributed by atoms with E-state index in [9.17, 15) is 18.0 Å². The van der Waals surface area contributed by atoms with Gasteiger partial charge in [-0.3, -0.25) is 4.79 Å². The number of hydrogen-bond donors (Lipinski definition) is 1. The lowest BCUT2D eigenvalue weighted by atomic mass is 10.1. The Morgan fingerprint density at radius 1 is 1.38 bits per heavy atom. The van der Waals surface area contributed by atoms with Gasteiger partial charge in [-0.25, -0.2) is 13.2 Å². The van der Waals surface area contributed by atoms with E-state index in [2.05, 4.69) is 0 Å². The first-order chi connectivity index (χ1) is 11.1. The van der Waals surface area contributed by atoms with Gasteiger partial charge in [0.15, 0.2) is 15.9 Å². The van der Waals surface area contributed by atoms with E-state index in [1.807, 2.05) is 0 Å². The van der Waals surface area contributed by atoms with Crippen LogP contribution in [0, 0.1) is 6.92 Å². The Labute approximate surface area is 141 Å². The van der Waals surface area contributed by atoms with Gasteiger partial charge in [0.25, 0.3) is 5.91 Å². The summed E-state index contributed by atoms with van der Waals surface area (Å²) in [7, 11) is -1.57. The predicted molar refractivity (Wildman–Crippen MR) is 90.3 cm³/mol. The van der Waals surface area contributed by atoms with Crippen molar-refractivity contribution in [3.05, 3.63) is 29.3 Å². The Kier molecular flexibility index (Phi) is 5.17. The number of sulfone groups is 1. The number of para-hydroxylation sites is 1. The number of hydrogen-bond acceptors (Lipinski definition) is 6. The summed E-state index contributed by atoms with van der Waals surface area (Å²) < 4.78 is 28.3. The van der Waals surface area contributed by atoms with E-state index in [0.717, 1.165) is 5.56 Å². The Balaban J connectivity index is 2.03. The second-order valence-electron chi connectivity index (χ2n) is 6.09. The van der Waals surface area contributed by atoms with Crippen molar-refractivity contribution in [1.82, 2.24) is 4.90 Å². The molecule has 1 aliphatic rings. The molecule has 2 rings (SSSR count). The number of nitrogens with zero attached hydrogens (tertiary/aromatic N) is 1. The molecule has 0 saturated carbocycles. The highest BCUT2D eigenvalue weighted by Gasteiger charge is 2.35. The minimum Gasteiger partial charge on any atom is -0.449 e. The van der Waals surface area contributed by atoms with Crippen LogP contribution in [0.1, 0.15) is 29.3 Å². The molecule has 2 atom stereocenters. The zero-order valence-corrected chi connectivity index (χ0v) is 14.8. The standard InChI is InChI=1S/C16H22N2O5S/c1-10-5-4-6-13(14(10)17)16(20)23-11(2)15(19)18(3)12-7-8-24(21,22)9-12/h4-6,11-12H,7-9,17H2,1-3H3/t11-,12-/m1/s1. The summed E-state index contributed by atoms with van der Waals surface area (Å²) in [4.78, 5) is 25.9. The molecular weight excluding hydrogens is 332 g/mol. The van der Waals surface area contributed by atoms with Gasteiger partial charge in [0.1, 0.15) is 0 Å². The van der Waals surface area contributed by atoms with Crippen molar-refractivity contribution in [2.75, 3.05) is 24.3 Å².